The summed E-state index contributed by atoms with van der Waals surface area (Å²) >= 11 is 3.41. The van der Waals surface area contributed by atoms with E-state index < -0.39 is 0 Å². The van der Waals surface area contributed by atoms with E-state index in [9.17, 15) is 0 Å². The Morgan fingerprint density at radius 1 is 1.12 bits per heavy atom. The van der Waals surface area contributed by atoms with Crippen LogP contribution in [0, 0.1) is 0 Å². The average Bonchev–Trinajstić information content (AvgIpc) is 2.79. The molecule has 0 aliphatic carbocycles. The first kappa shape index (κ1) is 12.1. The van der Waals surface area contributed by atoms with E-state index in [4.69, 9.17) is 10.2 Å². The standard InChI is InChI=1S/C14H14BrNO/c15-12-6-4-11(5-7-12)14-9-8-13(17-14)3-1-2-10-16/h1,3-9H,2,10,16H2/b3-1+. The summed E-state index contributed by atoms with van der Waals surface area (Å²) in [5.41, 5.74) is 6.49. The molecule has 2 nitrogen and oxygen atoms in total. The van der Waals surface area contributed by atoms with E-state index in [0.717, 1.165) is 28.0 Å². The second kappa shape index (κ2) is 5.84. The molecule has 0 atom stereocenters. The Morgan fingerprint density at radius 2 is 1.88 bits per heavy atom. The van der Waals surface area contributed by atoms with Crippen LogP contribution < -0.4 is 5.73 Å². The third-order valence-electron chi connectivity index (χ3n) is 2.37. The van der Waals surface area contributed by atoms with Crippen LogP contribution in [-0.2, 0) is 0 Å². The van der Waals surface area contributed by atoms with Gasteiger partial charge in [0.15, 0.2) is 0 Å². The predicted molar refractivity (Wildman–Crippen MR) is 74.5 cm³/mol. The number of hydrogen-bond donors (Lipinski definition) is 1. The first-order valence-corrected chi connectivity index (χ1v) is 6.31. The highest BCUT2D eigenvalue weighted by Gasteiger charge is 2.02. The molecule has 0 aliphatic rings. The minimum Gasteiger partial charge on any atom is -0.457 e. The second-order valence-electron chi connectivity index (χ2n) is 3.69. The van der Waals surface area contributed by atoms with Gasteiger partial charge < -0.3 is 10.2 Å². The van der Waals surface area contributed by atoms with E-state index in [1.165, 1.54) is 0 Å². The number of hydrogen-bond acceptors (Lipinski definition) is 2. The molecule has 2 N–H and O–H groups in total. The van der Waals surface area contributed by atoms with Crippen LogP contribution in [0.25, 0.3) is 17.4 Å². The van der Waals surface area contributed by atoms with Gasteiger partial charge in [0.05, 0.1) is 0 Å². The summed E-state index contributed by atoms with van der Waals surface area (Å²) in [6.45, 7) is 0.663. The number of rotatable bonds is 4. The molecule has 2 rings (SSSR count). The number of benzene rings is 1. The first-order valence-electron chi connectivity index (χ1n) is 5.52. The third-order valence-corrected chi connectivity index (χ3v) is 2.90. The highest BCUT2D eigenvalue weighted by Crippen LogP contribution is 2.24. The Morgan fingerprint density at radius 3 is 2.59 bits per heavy atom. The van der Waals surface area contributed by atoms with Gasteiger partial charge in [0.25, 0.3) is 0 Å². The monoisotopic (exact) mass is 291 g/mol. The van der Waals surface area contributed by atoms with Crippen LogP contribution >= 0.6 is 15.9 Å². The van der Waals surface area contributed by atoms with Crippen molar-refractivity contribution in [1.82, 2.24) is 0 Å². The highest BCUT2D eigenvalue weighted by molar-refractivity contribution is 9.10. The van der Waals surface area contributed by atoms with Gasteiger partial charge in [0.1, 0.15) is 11.5 Å². The van der Waals surface area contributed by atoms with Gasteiger partial charge in [-0.25, -0.2) is 0 Å². The van der Waals surface area contributed by atoms with Crippen LogP contribution in [-0.4, -0.2) is 6.54 Å². The van der Waals surface area contributed by atoms with Crippen LogP contribution in [0.15, 0.2) is 51.4 Å². The van der Waals surface area contributed by atoms with E-state index >= 15 is 0 Å². The molecule has 17 heavy (non-hydrogen) atoms. The van der Waals surface area contributed by atoms with Crippen LogP contribution in [0.5, 0.6) is 0 Å². The van der Waals surface area contributed by atoms with E-state index in [-0.39, 0.29) is 0 Å². The molecule has 3 heteroatoms. The summed E-state index contributed by atoms with van der Waals surface area (Å²) in [6.07, 6.45) is 4.84. The van der Waals surface area contributed by atoms with E-state index in [0.29, 0.717) is 6.54 Å². The lowest BCUT2D eigenvalue weighted by Crippen LogP contribution is -1.94. The molecular weight excluding hydrogens is 278 g/mol. The predicted octanol–water partition coefficient (Wildman–Crippen LogP) is 4.07. The Balaban J connectivity index is 2.15. The van der Waals surface area contributed by atoms with Crippen LogP contribution in [0.2, 0.25) is 0 Å². The van der Waals surface area contributed by atoms with Crippen molar-refractivity contribution < 1.29 is 4.42 Å². The molecule has 0 unspecified atom stereocenters. The zero-order valence-electron chi connectivity index (χ0n) is 9.40. The maximum absolute atomic E-state index is 5.71. The normalized spacial score (nSPS) is 11.2. The maximum Gasteiger partial charge on any atom is 0.134 e. The molecule has 1 heterocycles. The molecule has 0 saturated heterocycles. The Bertz CT molecular complexity index is 499. The van der Waals surface area contributed by atoms with Crippen LogP contribution in [0.4, 0.5) is 0 Å². The fourth-order valence-electron chi connectivity index (χ4n) is 1.51. The Hall–Kier alpha value is -1.32. The lowest BCUT2D eigenvalue weighted by molar-refractivity contribution is 0.571. The Labute approximate surface area is 109 Å². The molecule has 0 spiro atoms. The van der Waals surface area contributed by atoms with Crippen molar-refractivity contribution in [1.29, 1.82) is 0 Å². The maximum atomic E-state index is 5.71. The fourth-order valence-corrected chi connectivity index (χ4v) is 1.77. The van der Waals surface area contributed by atoms with Crippen molar-refractivity contribution in [3.8, 4) is 11.3 Å². The summed E-state index contributed by atoms with van der Waals surface area (Å²) in [5.74, 6) is 1.74. The summed E-state index contributed by atoms with van der Waals surface area (Å²) in [5, 5.41) is 0. The molecule has 0 aliphatic heterocycles. The molecule has 0 radical (unpaired) electrons. The van der Waals surface area contributed by atoms with E-state index in [2.05, 4.69) is 15.9 Å². The molecule has 1 aromatic heterocycles. The first-order chi connectivity index (χ1) is 8.29. The summed E-state index contributed by atoms with van der Waals surface area (Å²) in [4.78, 5) is 0. The summed E-state index contributed by atoms with van der Waals surface area (Å²) in [6, 6.07) is 12.0. The van der Waals surface area contributed by atoms with Gasteiger partial charge in [-0.2, -0.15) is 0 Å². The van der Waals surface area contributed by atoms with Crippen molar-refractivity contribution in [2.75, 3.05) is 6.54 Å². The van der Waals surface area contributed by atoms with Crippen molar-refractivity contribution in [3.63, 3.8) is 0 Å². The van der Waals surface area contributed by atoms with Crippen molar-refractivity contribution in [2.45, 2.75) is 6.42 Å². The minimum atomic E-state index is 0.663. The molecule has 0 fully saturated rings. The molecule has 88 valence electrons. The fraction of sp³-hybridized carbons (Fsp3) is 0.143. The summed E-state index contributed by atoms with van der Waals surface area (Å²) < 4.78 is 6.78. The number of nitrogens with two attached hydrogens (primary N) is 1. The van der Waals surface area contributed by atoms with Crippen molar-refractivity contribution in [2.24, 2.45) is 5.73 Å². The van der Waals surface area contributed by atoms with Crippen molar-refractivity contribution in [3.05, 3.63) is 52.7 Å². The largest absolute Gasteiger partial charge is 0.457 e. The van der Waals surface area contributed by atoms with Crippen LogP contribution in [0.3, 0.4) is 0 Å². The van der Waals surface area contributed by atoms with Gasteiger partial charge in [0.2, 0.25) is 0 Å². The van der Waals surface area contributed by atoms with E-state index in [1.54, 1.807) is 0 Å². The molecule has 0 amide bonds. The van der Waals surface area contributed by atoms with Gasteiger partial charge in [-0.1, -0.05) is 34.1 Å². The van der Waals surface area contributed by atoms with Gasteiger partial charge in [-0.15, -0.1) is 0 Å². The third kappa shape index (κ3) is 3.32. The summed E-state index contributed by atoms with van der Waals surface area (Å²) in [7, 11) is 0. The van der Waals surface area contributed by atoms with Gasteiger partial charge in [-0.05, 0) is 43.3 Å². The quantitative estimate of drug-likeness (QED) is 0.922. The zero-order chi connectivity index (χ0) is 12.1. The Kier molecular flexibility index (Phi) is 4.18. The minimum absolute atomic E-state index is 0.663. The lowest BCUT2D eigenvalue weighted by Gasteiger charge is -1.96. The molecule has 0 bridgehead atoms. The SMILES string of the molecule is NCC/C=C/c1ccc(-c2ccc(Br)cc2)o1. The highest BCUT2D eigenvalue weighted by atomic mass is 79.9. The van der Waals surface area contributed by atoms with E-state index in [1.807, 2.05) is 48.6 Å². The van der Waals surface area contributed by atoms with Gasteiger partial charge in [0, 0.05) is 10.0 Å². The molecule has 2 aromatic rings. The molecule has 1 aromatic carbocycles. The lowest BCUT2D eigenvalue weighted by atomic mass is 10.2. The van der Waals surface area contributed by atoms with Gasteiger partial charge in [-0.3, -0.25) is 0 Å². The zero-order valence-corrected chi connectivity index (χ0v) is 11.0. The topological polar surface area (TPSA) is 39.2 Å². The average molecular weight is 292 g/mol. The molecule has 0 saturated carbocycles. The molecular formula is C14H14BrNO. The second-order valence-corrected chi connectivity index (χ2v) is 4.60. The van der Waals surface area contributed by atoms with Gasteiger partial charge >= 0.3 is 0 Å². The number of furan rings is 1. The van der Waals surface area contributed by atoms with Crippen molar-refractivity contribution >= 4 is 22.0 Å². The van der Waals surface area contributed by atoms with Crippen LogP contribution in [0.1, 0.15) is 12.2 Å². The number of halogens is 1. The smallest absolute Gasteiger partial charge is 0.134 e.